The standard InChI is InChI=1S/C14H10F2O2S/c15-11-4-2-1-3-10(11)8-19-13-6-5-9(14(17)18)7-12(13)16/h1-7H,8H2,(H,17,18). The molecule has 2 rings (SSSR count). The molecule has 0 radical (unpaired) electrons. The molecule has 2 aromatic carbocycles. The molecule has 2 nitrogen and oxygen atoms in total. The van der Waals surface area contributed by atoms with Gasteiger partial charge < -0.3 is 5.11 Å². The van der Waals surface area contributed by atoms with Gasteiger partial charge in [-0.15, -0.1) is 11.8 Å². The van der Waals surface area contributed by atoms with E-state index in [4.69, 9.17) is 5.11 Å². The number of carboxylic acid groups (broad SMARTS) is 1. The molecule has 0 saturated carbocycles. The SMILES string of the molecule is O=C(O)c1ccc(SCc2ccccc2F)c(F)c1. The molecule has 0 aliphatic rings. The van der Waals surface area contributed by atoms with Gasteiger partial charge in [0.15, 0.2) is 0 Å². The second-order valence-electron chi connectivity index (χ2n) is 3.83. The van der Waals surface area contributed by atoms with Crippen LogP contribution in [0.5, 0.6) is 0 Å². The molecule has 0 atom stereocenters. The molecule has 0 spiro atoms. The van der Waals surface area contributed by atoms with E-state index in [1.165, 1.54) is 18.2 Å². The number of benzene rings is 2. The summed E-state index contributed by atoms with van der Waals surface area (Å²) in [7, 11) is 0. The Hall–Kier alpha value is -1.88. The van der Waals surface area contributed by atoms with E-state index in [0.29, 0.717) is 10.5 Å². The van der Waals surface area contributed by atoms with Crippen molar-refractivity contribution in [2.45, 2.75) is 10.6 Å². The van der Waals surface area contributed by atoms with Crippen LogP contribution >= 0.6 is 11.8 Å². The molecule has 19 heavy (non-hydrogen) atoms. The summed E-state index contributed by atoms with van der Waals surface area (Å²) in [6.45, 7) is 0. The van der Waals surface area contributed by atoms with Crippen molar-refractivity contribution in [2.24, 2.45) is 0 Å². The minimum absolute atomic E-state index is 0.104. The smallest absolute Gasteiger partial charge is 0.335 e. The third kappa shape index (κ3) is 3.32. The number of carboxylic acids is 1. The molecule has 5 heteroatoms. The van der Waals surface area contributed by atoms with E-state index >= 15 is 0 Å². The summed E-state index contributed by atoms with van der Waals surface area (Å²) in [6.07, 6.45) is 0. The molecule has 0 aliphatic carbocycles. The quantitative estimate of drug-likeness (QED) is 0.861. The fraction of sp³-hybridized carbons (Fsp3) is 0.0714. The molecule has 0 unspecified atom stereocenters. The first-order valence-electron chi connectivity index (χ1n) is 5.47. The van der Waals surface area contributed by atoms with Crippen LogP contribution in [0.2, 0.25) is 0 Å². The minimum atomic E-state index is -1.18. The first kappa shape index (κ1) is 13.5. The van der Waals surface area contributed by atoms with Crippen LogP contribution < -0.4 is 0 Å². The Balaban J connectivity index is 2.12. The highest BCUT2D eigenvalue weighted by Crippen LogP contribution is 2.27. The first-order valence-corrected chi connectivity index (χ1v) is 6.45. The molecular weight excluding hydrogens is 270 g/mol. The lowest BCUT2D eigenvalue weighted by atomic mass is 10.2. The molecule has 0 amide bonds. The van der Waals surface area contributed by atoms with E-state index in [9.17, 15) is 13.6 Å². The lowest BCUT2D eigenvalue weighted by Gasteiger charge is -2.05. The number of carbonyl (C=O) groups is 1. The lowest BCUT2D eigenvalue weighted by molar-refractivity contribution is 0.0696. The summed E-state index contributed by atoms with van der Waals surface area (Å²) in [4.78, 5) is 11.0. The van der Waals surface area contributed by atoms with Crippen molar-refractivity contribution in [2.75, 3.05) is 0 Å². The zero-order valence-electron chi connectivity index (χ0n) is 9.77. The van der Waals surface area contributed by atoms with Gasteiger partial charge in [-0.1, -0.05) is 18.2 Å². The van der Waals surface area contributed by atoms with E-state index in [2.05, 4.69) is 0 Å². The number of thioether (sulfide) groups is 1. The predicted molar refractivity (Wildman–Crippen MR) is 69.3 cm³/mol. The van der Waals surface area contributed by atoms with Gasteiger partial charge in [0, 0.05) is 10.6 Å². The Morgan fingerprint density at radius 1 is 1.11 bits per heavy atom. The molecule has 98 valence electrons. The maximum atomic E-state index is 13.6. The summed E-state index contributed by atoms with van der Waals surface area (Å²) >= 11 is 1.13. The van der Waals surface area contributed by atoms with Gasteiger partial charge >= 0.3 is 5.97 Å². The van der Waals surface area contributed by atoms with Crippen LogP contribution in [0.25, 0.3) is 0 Å². The van der Waals surface area contributed by atoms with Gasteiger partial charge in [-0.25, -0.2) is 13.6 Å². The summed E-state index contributed by atoms with van der Waals surface area (Å²) in [5.41, 5.74) is 0.377. The van der Waals surface area contributed by atoms with Crippen LogP contribution in [0.3, 0.4) is 0 Å². The average molecular weight is 280 g/mol. The van der Waals surface area contributed by atoms with Crippen LogP contribution in [0, 0.1) is 11.6 Å². The van der Waals surface area contributed by atoms with Crippen LogP contribution in [-0.4, -0.2) is 11.1 Å². The molecule has 0 heterocycles. The maximum Gasteiger partial charge on any atom is 0.335 e. The molecule has 1 N–H and O–H groups in total. The van der Waals surface area contributed by atoms with Crippen molar-refractivity contribution in [3.63, 3.8) is 0 Å². The molecule has 0 bridgehead atoms. The third-order valence-electron chi connectivity index (χ3n) is 2.52. The zero-order chi connectivity index (χ0) is 13.8. The molecular formula is C14H10F2O2S. The Morgan fingerprint density at radius 3 is 2.47 bits per heavy atom. The van der Waals surface area contributed by atoms with Crippen molar-refractivity contribution < 1.29 is 18.7 Å². The summed E-state index contributed by atoms with van der Waals surface area (Å²) in [6, 6.07) is 9.96. The highest BCUT2D eigenvalue weighted by atomic mass is 32.2. The van der Waals surface area contributed by atoms with Crippen molar-refractivity contribution in [1.29, 1.82) is 0 Å². The van der Waals surface area contributed by atoms with Gasteiger partial charge in [-0.3, -0.25) is 0 Å². The van der Waals surface area contributed by atoms with E-state index in [0.717, 1.165) is 17.8 Å². The number of halogens is 2. The van der Waals surface area contributed by atoms with Crippen molar-refractivity contribution >= 4 is 17.7 Å². The van der Waals surface area contributed by atoms with Crippen LogP contribution in [0.15, 0.2) is 47.4 Å². The molecule has 0 aromatic heterocycles. The first-order chi connectivity index (χ1) is 9.08. The van der Waals surface area contributed by atoms with Gasteiger partial charge in [0.25, 0.3) is 0 Å². The van der Waals surface area contributed by atoms with Gasteiger partial charge in [0.05, 0.1) is 5.56 Å². The fourth-order valence-corrected chi connectivity index (χ4v) is 2.43. The minimum Gasteiger partial charge on any atom is -0.478 e. The lowest BCUT2D eigenvalue weighted by Crippen LogP contribution is -1.97. The molecule has 2 aromatic rings. The zero-order valence-corrected chi connectivity index (χ0v) is 10.6. The Labute approximate surface area is 113 Å². The topological polar surface area (TPSA) is 37.3 Å². The van der Waals surface area contributed by atoms with E-state index in [1.807, 2.05) is 0 Å². The summed E-state index contributed by atoms with van der Waals surface area (Å²) in [5.74, 6) is -1.83. The van der Waals surface area contributed by atoms with Gasteiger partial charge in [-0.05, 0) is 29.8 Å². The fourth-order valence-electron chi connectivity index (χ4n) is 1.52. The summed E-state index contributed by atoms with van der Waals surface area (Å²) < 4.78 is 27.0. The Morgan fingerprint density at radius 2 is 1.84 bits per heavy atom. The van der Waals surface area contributed by atoms with Gasteiger partial charge in [0.2, 0.25) is 0 Å². The van der Waals surface area contributed by atoms with Crippen molar-refractivity contribution in [3.8, 4) is 0 Å². The number of rotatable bonds is 4. The van der Waals surface area contributed by atoms with E-state index in [1.54, 1.807) is 18.2 Å². The highest BCUT2D eigenvalue weighted by molar-refractivity contribution is 7.98. The normalized spacial score (nSPS) is 10.4. The van der Waals surface area contributed by atoms with Gasteiger partial charge in [-0.2, -0.15) is 0 Å². The second kappa shape index (κ2) is 5.84. The molecule has 0 saturated heterocycles. The van der Waals surface area contributed by atoms with Crippen LogP contribution in [0.1, 0.15) is 15.9 Å². The number of hydrogen-bond donors (Lipinski definition) is 1. The molecule has 0 fully saturated rings. The van der Waals surface area contributed by atoms with Crippen molar-refractivity contribution in [3.05, 3.63) is 65.2 Å². The summed E-state index contributed by atoms with van der Waals surface area (Å²) in [5, 5.41) is 8.72. The van der Waals surface area contributed by atoms with E-state index in [-0.39, 0.29) is 17.1 Å². The number of aromatic carboxylic acids is 1. The predicted octanol–water partition coefficient (Wildman–Crippen LogP) is 3.96. The number of hydrogen-bond acceptors (Lipinski definition) is 2. The monoisotopic (exact) mass is 280 g/mol. The second-order valence-corrected chi connectivity index (χ2v) is 4.85. The largest absolute Gasteiger partial charge is 0.478 e. The average Bonchev–Trinajstić information content (AvgIpc) is 2.39. The van der Waals surface area contributed by atoms with E-state index < -0.39 is 11.8 Å². The van der Waals surface area contributed by atoms with Crippen molar-refractivity contribution in [1.82, 2.24) is 0 Å². The molecule has 0 aliphatic heterocycles. The van der Waals surface area contributed by atoms with Crippen LogP contribution in [-0.2, 0) is 5.75 Å². The van der Waals surface area contributed by atoms with Crippen LogP contribution in [0.4, 0.5) is 8.78 Å². The maximum absolute atomic E-state index is 13.6. The third-order valence-corrected chi connectivity index (χ3v) is 3.62. The van der Waals surface area contributed by atoms with Gasteiger partial charge in [0.1, 0.15) is 11.6 Å². The highest BCUT2D eigenvalue weighted by Gasteiger charge is 2.09. The Bertz CT molecular complexity index is 614. The Kier molecular flexibility index (Phi) is 4.16.